The molecular formula is C32H45N3O6. The van der Waals surface area contributed by atoms with Crippen LogP contribution in [0.1, 0.15) is 65.0 Å². The lowest BCUT2D eigenvalue weighted by Crippen LogP contribution is -2.50. The van der Waals surface area contributed by atoms with E-state index in [-0.39, 0.29) is 37.1 Å². The van der Waals surface area contributed by atoms with Gasteiger partial charge in [0.2, 0.25) is 0 Å². The quantitative estimate of drug-likeness (QED) is 0.312. The van der Waals surface area contributed by atoms with Gasteiger partial charge in [-0.1, -0.05) is 44.2 Å². The number of fused-ring (bicyclic) bond motifs is 2. The first-order valence-corrected chi connectivity index (χ1v) is 14.7. The summed E-state index contributed by atoms with van der Waals surface area (Å²) in [6.07, 6.45) is 9.27. The molecule has 9 nitrogen and oxygen atoms in total. The molecule has 0 spiro atoms. The summed E-state index contributed by atoms with van der Waals surface area (Å²) in [4.78, 5) is 34.4. The van der Waals surface area contributed by atoms with Crippen molar-refractivity contribution in [2.75, 3.05) is 20.1 Å². The maximum Gasteiger partial charge on any atom is 0.410 e. The number of hydrogen-bond acceptors (Lipinski definition) is 8. The van der Waals surface area contributed by atoms with Crippen LogP contribution in [0.4, 0.5) is 4.79 Å². The van der Waals surface area contributed by atoms with Crippen LogP contribution in [0, 0.1) is 5.92 Å². The summed E-state index contributed by atoms with van der Waals surface area (Å²) in [7, 11) is 2.07. The van der Waals surface area contributed by atoms with Gasteiger partial charge in [0, 0.05) is 48.9 Å². The smallest absolute Gasteiger partial charge is 0.410 e. The highest BCUT2D eigenvalue weighted by Crippen LogP contribution is 2.32. The van der Waals surface area contributed by atoms with Gasteiger partial charge in [-0.15, -0.1) is 0 Å². The van der Waals surface area contributed by atoms with Gasteiger partial charge in [0.25, 0.3) is 0 Å². The van der Waals surface area contributed by atoms with Gasteiger partial charge < -0.3 is 24.6 Å². The van der Waals surface area contributed by atoms with Crippen molar-refractivity contribution in [3.8, 4) is 0 Å². The second-order valence-electron chi connectivity index (χ2n) is 12.2. The van der Waals surface area contributed by atoms with Gasteiger partial charge in [0.1, 0.15) is 11.7 Å². The summed E-state index contributed by atoms with van der Waals surface area (Å²) in [6, 6.07) is 6.26. The number of esters is 1. The standard InChI is InChI=1S/C32H45N3O6/c1-21(27-11-6-7-16-33-27)9-8-10-22(2)30-23(3)12-13-28(32(4,39)15-14-26(36)18-29(37)41-30)40-31(38)35-20-24-17-25(35)19-34(24)5/h6-13,16,21,23-26,28,30,36,39H,14-15,17-20H2,1-5H3/b9-8+,13-12+,22-10+/t21-,23+,24-,25+,26-,28+,30-,32-/m1/s1. The molecular weight excluding hydrogens is 522 g/mol. The highest BCUT2D eigenvalue weighted by atomic mass is 16.6. The third-order valence-electron chi connectivity index (χ3n) is 8.66. The summed E-state index contributed by atoms with van der Waals surface area (Å²) in [5.41, 5.74) is 0.346. The monoisotopic (exact) mass is 567 g/mol. The van der Waals surface area contributed by atoms with Crippen LogP contribution < -0.4 is 0 Å². The third-order valence-corrected chi connectivity index (χ3v) is 8.66. The molecule has 224 valence electrons. The Morgan fingerprint density at radius 3 is 2.71 bits per heavy atom. The zero-order chi connectivity index (χ0) is 29.7. The Labute approximate surface area is 243 Å². The average Bonchev–Trinajstić information content (AvgIpc) is 3.52. The molecule has 2 saturated heterocycles. The Bertz CT molecular complexity index is 1150. The van der Waals surface area contributed by atoms with Crippen LogP contribution in [0.2, 0.25) is 0 Å². The predicted octanol–water partition coefficient (Wildman–Crippen LogP) is 3.98. The maximum atomic E-state index is 13.2. The number of aromatic nitrogens is 1. The molecule has 4 rings (SSSR count). The molecule has 3 aliphatic heterocycles. The largest absolute Gasteiger partial charge is 0.457 e. The number of rotatable bonds is 5. The number of likely N-dealkylation sites (N-methyl/N-ethyl adjacent to an activating group) is 1. The van der Waals surface area contributed by atoms with E-state index >= 15 is 0 Å². The van der Waals surface area contributed by atoms with Crippen molar-refractivity contribution in [3.05, 3.63) is 66.0 Å². The average molecular weight is 568 g/mol. The number of amides is 1. The molecule has 8 atom stereocenters. The molecule has 0 saturated carbocycles. The van der Waals surface area contributed by atoms with E-state index in [9.17, 15) is 19.8 Å². The van der Waals surface area contributed by atoms with E-state index in [1.54, 1.807) is 24.1 Å². The number of hydrogen-bond donors (Lipinski definition) is 2. The van der Waals surface area contributed by atoms with E-state index in [1.165, 1.54) is 0 Å². The van der Waals surface area contributed by atoms with Gasteiger partial charge in [0.15, 0.2) is 6.10 Å². The summed E-state index contributed by atoms with van der Waals surface area (Å²) in [5.74, 6) is -0.684. The first-order chi connectivity index (χ1) is 19.4. The van der Waals surface area contributed by atoms with Crippen molar-refractivity contribution in [3.63, 3.8) is 0 Å². The van der Waals surface area contributed by atoms with Gasteiger partial charge in [0.05, 0.1) is 12.5 Å². The van der Waals surface area contributed by atoms with Crippen LogP contribution in [-0.4, -0.2) is 93.2 Å². The zero-order valence-electron chi connectivity index (χ0n) is 24.8. The molecule has 4 heterocycles. The summed E-state index contributed by atoms with van der Waals surface area (Å²) >= 11 is 0. The second kappa shape index (κ2) is 13.3. The van der Waals surface area contributed by atoms with Crippen molar-refractivity contribution >= 4 is 12.1 Å². The minimum Gasteiger partial charge on any atom is -0.457 e. The molecule has 1 amide bonds. The second-order valence-corrected chi connectivity index (χ2v) is 12.2. The summed E-state index contributed by atoms with van der Waals surface area (Å²) in [6.45, 7) is 8.90. The molecule has 0 aromatic carbocycles. The Balaban J connectivity index is 1.52. The molecule has 0 radical (unpaired) electrons. The lowest BCUT2D eigenvalue weighted by atomic mass is 9.88. The maximum absolute atomic E-state index is 13.2. The number of piperazine rings is 1. The van der Waals surface area contributed by atoms with E-state index in [1.807, 2.05) is 56.4 Å². The van der Waals surface area contributed by atoms with E-state index in [4.69, 9.17) is 9.47 Å². The first-order valence-electron chi connectivity index (χ1n) is 14.7. The van der Waals surface area contributed by atoms with Gasteiger partial charge in [-0.25, -0.2) is 4.79 Å². The Morgan fingerprint density at radius 2 is 2.05 bits per heavy atom. The fourth-order valence-corrected chi connectivity index (χ4v) is 5.93. The number of allylic oxidation sites excluding steroid dienone is 3. The topological polar surface area (TPSA) is 112 Å². The molecule has 9 heteroatoms. The van der Waals surface area contributed by atoms with E-state index in [2.05, 4.69) is 23.9 Å². The van der Waals surface area contributed by atoms with Crippen molar-refractivity contribution in [1.29, 1.82) is 0 Å². The molecule has 1 aromatic rings. The summed E-state index contributed by atoms with van der Waals surface area (Å²) < 4.78 is 11.8. The van der Waals surface area contributed by atoms with Crippen molar-refractivity contribution in [2.45, 2.75) is 95.3 Å². The molecule has 2 N–H and O–H groups in total. The van der Waals surface area contributed by atoms with E-state index < -0.39 is 36.0 Å². The minimum absolute atomic E-state index is 0.107. The molecule has 41 heavy (non-hydrogen) atoms. The van der Waals surface area contributed by atoms with Gasteiger partial charge >= 0.3 is 12.1 Å². The zero-order valence-corrected chi connectivity index (χ0v) is 24.8. The molecule has 0 aliphatic carbocycles. The van der Waals surface area contributed by atoms with Gasteiger partial charge in [-0.2, -0.15) is 0 Å². The predicted molar refractivity (Wildman–Crippen MR) is 156 cm³/mol. The molecule has 1 aromatic heterocycles. The first kappa shape index (κ1) is 30.9. The summed E-state index contributed by atoms with van der Waals surface area (Å²) in [5, 5.41) is 21.9. The van der Waals surface area contributed by atoms with Crippen LogP contribution in [0.3, 0.4) is 0 Å². The van der Waals surface area contributed by atoms with Crippen molar-refractivity contribution < 1.29 is 29.3 Å². The van der Waals surface area contributed by atoms with Gasteiger partial charge in [-0.3, -0.25) is 14.7 Å². The number of likely N-dealkylation sites (tertiary alicyclic amines) is 2. The number of aliphatic hydroxyl groups excluding tert-OH is 1. The number of cyclic esters (lactones) is 1. The van der Waals surface area contributed by atoms with Crippen LogP contribution in [0.25, 0.3) is 0 Å². The lowest BCUT2D eigenvalue weighted by Gasteiger charge is -2.36. The van der Waals surface area contributed by atoms with Crippen LogP contribution >= 0.6 is 0 Å². The van der Waals surface area contributed by atoms with Crippen LogP contribution in [0.5, 0.6) is 0 Å². The number of carbonyl (C=O) groups excluding carboxylic acids is 2. The third kappa shape index (κ3) is 7.84. The highest BCUT2D eigenvalue weighted by molar-refractivity contribution is 5.70. The lowest BCUT2D eigenvalue weighted by molar-refractivity contribution is -0.151. The fourth-order valence-electron chi connectivity index (χ4n) is 5.93. The number of ether oxygens (including phenoxy) is 2. The van der Waals surface area contributed by atoms with Crippen molar-refractivity contribution in [2.24, 2.45) is 5.92 Å². The van der Waals surface area contributed by atoms with Crippen molar-refractivity contribution in [1.82, 2.24) is 14.8 Å². The van der Waals surface area contributed by atoms with E-state index in [0.717, 1.165) is 24.2 Å². The normalized spacial score (nSPS) is 35.0. The Morgan fingerprint density at radius 1 is 1.27 bits per heavy atom. The Hall–Kier alpha value is -3.01. The fraction of sp³-hybridized carbons (Fsp3) is 0.594. The highest BCUT2D eigenvalue weighted by Gasteiger charge is 2.45. The number of aliphatic hydroxyl groups is 2. The molecule has 3 aliphatic rings. The molecule has 2 bridgehead atoms. The van der Waals surface area contributed by atoms with Crippen LogP contribution in [0.15, 0.2) is 60.3 Å². The molecule has 2 fully saturated rings. The van der Waals surface area contributed by atoms with Gasteiger partial charge in [-0.05, 0) is 63.9 Å². The van der Waals surface area contributed by atoms with Crippen LogP contribution in [-0.2, 0) is 14.3 Å². The van der Waals surface area contributed by atoms with E-state index in [0.29, 0.717) is 12.6 Å². The SMILES string of the molecule is C/C(=C\C=C\[C@@H](C)c1ccccn1)[C@H]1OC(=O)C[C@H](O)CC[C@@](C)(O)[C@@H](OC(=O)N2C[C@H]3C[C@H]2CN3C)/C=C/[C@@H]1C. The number of nitrogens with zero attached hydrogens (tertiary/aromatic N) is 3. The molecule has 0 unspecified atom stereocenters. The Kier molecular flexibility index (Phi) is 10.0. The minimum atomic E-state index is -1.43. The number of carbonyl (C=O) groups is 2. The number of pyridine rings is 1.